The molecule has 0 bridgehead atoms. The molecule has 19 heavy (non-hydrogen) atoms. The van der Waals surface area contributed by atoms with Crippen molar-refractivity contribution >= 4 is 25.3 Å². The van der Waals surface area contributed by atoms with Gasteiger partial charge in [0.05, 0.1) is 5.19 Å². The number of benzene rings is 1. The maximum Gasteiger partial charge on any atom is 0.375 e. The molecule has 0 N–H and O–H groups in total. The van der Waals surface area contributed by atoms with Crippen LogP contribution in [0.3, 0.4) is 0 Å². The third kappa shape index (κ3) is 2.94. The molecule has 0 aliphatic heterocycles. The van der Waals surface area contributed by atoms with Gasteiger partial charge in [-0.2, -0.15) is 0 Å². The third-order valence-electron chi connectivity index (χ3n) is 2.50. The molecule has 0 atom stereocenters. The van der Waals surface area contributed by atoms with Gasteiger partial charge in [0.2, 0.25) is 0 Å². The highest BCUT2D eigenvalue weighted by Gasteiger charge is 2.43. The quantitative estimate of drug-likeness (QED) is 0.359. The van der Waals surface area contributed by atoms with E-state index >= 15 is 0 Å². The summed E-state index contributed by atoms with van der Waals surface area (Å²) < 4.78 is 65.0. The van der Waals surface area contributed by atoms with E-state index < -0.39 is 42.0 Å². The zero-order valence-corrected chi connectivity index (χ0v) is 12.4. The van der Waals surface area contributed by atoms with Crippen LogP contribution in [0.2, 0.25) is 11.6 Å². The first-order valence-corrected chi connectivity index (χ1v) is 8.29. The third-order valence-corrected chi connectivity index (χ3v) is 5.86. The van der Waals surface area contributed by atoms with Crippen LogP contribution in [0.4, 0.5) is 17.6 Å². The minimum Gasteiger partial charge on any atom is -0.391 e. The van der Waals surface area contributed by atoms with Gasteiger partial charge in [-0.3, -0.25) is 0 Å². The van der Waals surface area contributed by atoms with Gasteiger partial charge < -0.3 is 8.85 Å². The predicted octanol–water partition coefficient (Wildman–Crippen LogP) is 3.25. The molecule has 0 aliphatic carbocycles. The molecule has 108 valence electrons. The van der Waals surface area contributed by atoms with Crippen LogP contribution < -0.4 is 5.19 Å². The summed E-state index contributed by atoms with van der Waals surface area (Å²) >= 11 is 5.17. The van der Waals surface area contributed by atoms with Gasteiger partial charge >= 0.3 is 8.56 Å². The summed E-state index contributed by atoms with van der Waals surface area (Å²) in [6.45, 7) is 4.67. The van der Waals surface area contributed by atoms with Gasteiger partial charge in [0, 0.05) is 13.2 Å². The lowest BCUT2D eigenvalue weighted by Crippen LogP contribution is -2.55. The second-order valence-corrected chi connectivity index (χ2v) is 7.10. The Morgan fingerprint density at radius 1 is 0.895 bits per heavy atom. The average Bonchev–Trinajstić information content (AvgIpc) is 2.34. The molecule has 0 radical (unpaired) electrons. The van der Waals surface area contributed by atoms with Crippen LogP contribution in [0, 0.1) is 23.3 Å². The van der Waals surface area contributed by atoms with E-state index in [1.807, 2.05) is 0 Å². The Bertz CT molecular complexity index is 449. The molecule has 0 spiro atoms. The second kappa shape index (κ2) is 6.21. The maximum atomic E-state index is 13.9. The van der Waals surface area contributed by atoms with Crippen molar-refractivity contribution in [1.82, 2.24) is 0 Å². The van der Waals surface area contributed by atoms with Crippen LogP contribution in [0.15, 0.2) is 0 Å². The summed E-state index contributed by atoms with van der Waals surface area (Å²) in [5.74, 6) is -6.43. The van der Waals surface area contributed by atoms with E-state index in [1.165, 1.54) is 6.55 Å². The van der Waals surface area contributed by atoms with Gasteiger partial charge in [-0.25, -0.2) is 17.6 Å². The Morgan fingerprint density at radius 2 is 1.26 bits per heavy atom. The normalized spacial score (nSPS) is 12.0. The topological polar surface area (TPSA) is 18.5 Å². The van der Waals surface area contributed by atoms with E-state index in [9.17, 15) is 17.6 Å². The van der Waals surface area contributed by atoms with Crippen molar-refractivity contribution in [3.63, 3.8) is 0 Å². The highest BCUT2D eigenvalue weighted by Crippen LogP contribution is 2.25. The lowest BCUT2D eigenvalue weighted by atomic mass is 10.3. The summed E-state index contributed by atoms with van der Waals surface area (Å²) in [7, 11) is -3.59. The lowest BCUT2D eigenvalue weighted by Gasteiger charge is -2.27. The van der Waals surface area contributed by atoms with Crippen LogP contribution in [0.1, 0.15) is 13.8 Å². The van der Waals surface area contributed by atoms with Crippen LogP contribution in [0.25, 0.3) is 0 Å². The Balaban J connectivity index is 3.55. The number of hydrogen-bond acceptors (Lipinski definition) is 2. The molecule has 1 aromatic carbocycles. The summed E-state index contributed by atoms with van der Waals surface area (Å²) in [5, 5.41) is -2.06. The highest BCUT2D eigenvalue weighted by atomic mass is 35.5. The molecular weight excluding hydrogens is 304 g/mol. The van der Waals surface area contributed by atoms with Crippen LogP contribution in [0.5, 0.6) is 0 Å². The first kappa shape index (κ1) is 16.4. The Labute approximate surface area is 114 Å². The summed E-state index contributed by atoms with van der Waals surface area (Å²) in [6.07, 6.45) is 0. The van der Waals surface area contributed by atoms with Crippen molar-refractivity contribution in [3.05, 3.63) is 28.3 Å². The molecule has 1 rings (SSSR count). The Kier molecular flexibility index (Phi) is 5.37. The van der Waals surface area contributed by atoms with Crippen molar-refractivity contribution in [2.24, 2.45) is 0 Å². The van der Waals surface area contributed by atoms with Crippen molar-refractivity contribution < 1.29 is 26.4 Å². The van der Waals surface area contributed by atoms with Crippen molar-refractivity contribution in [2.75, 3.05) is 13.2 Å². The first-order chi connectivity index (χ1) is 8.80. The molecule has 0 saturated heterocycles. The van der Waals surface area contributed by atoms with Crippen LogP contribution in [-0.2, 0) is 8.85 Å². The molecule has 0 aromatic heterocycles. The summed E-state index contributed by atoms with van der Waals surface area (Å²) in [5.41, 5.74) is 0. The van der Waals surface area contributed by atoms with E-state index in [1.54, 1.807) is 13.8 Å². The van der Waals surface area contributed by atoms with Crippen molar-refractivity contribution in [3.8, 4) is 0 Å². The average molecular weight is 317 g/mol. The van der Waals surface area contributed by atoms with Gasteiger partial charge in [-0.05, 0) is 20.4 Å². The summed E-state index contributed by atoms with van der Waals surface area (Å²) in [6, 6.07) is 0. The summed E-state index contributed by atoms with van der Waals surface area (Å²) in [4.78, 5) is 0. The molecule has 0 amide bonds. The lowest BCUT2D eigenvalue weighted by molar-refractivity contribution is 0.200. The van der Waals surface area contributed by atoms with E-state index in [2.05, 4.69) is 0 Å². The van der Waals surface area contributed by atoms with Gasteiger partial charge in [-0.1, -0.05) is 11.6 Å². The fraction of sp³-hybridized carbons (Fsp3) is 0.455. The number of rotatable bonds is 5. The number of hydrogen-bond donors (Lipinski definition) is 0. The molecular formula is C11H13ClF4O2Si. The molecule has 0 heterocycles. The smallest absolute Gasteiger partial charge is 0.375 e. The predicted molar refractivity (Wildman–Crippen MR) is 65.8 cm³/mol. The molecule has 0 saturated carbocycles. The molecule has 0 aliphatic rings. The molecule has 2 nitrogen and oxygen atoms in total. The molecule has 8 heteroatoms. The standard InChI is InChI=1S/C11H13ClF4O2Si/c1-4-17-19(3,18-5-2)11-9(15)7(13)6(12)8(14)10(11)16/h4-5H2,1-3H3. The van der Waals surface area contributed by atoms with E-state index in [0.717, 1.165) is 0 Å². The van der Waals surface area contributed by atoms with Crippen molar-refractivity contribution in [1.29, 1.82) is 0 Å². The largest absolute Gasteiger partial charge is 0.391 e. The maximum absolute atomic E-state index is 13.9. The van der Waals surface area contributed by atoms with E-state index in [-0.39, 0.29) is 13.2 Å². The van der Waals surface area contributed by atoms with Gasteiger partial charge in [-0.15, -0.1) is 0 Å². The zero-order valence-electron chi connectivity index (χ0n) is 10.6. The fourth-order valence-corrected chi connectivity index (χ4v) is 4.40. The Hall–Kier alpha value is -0.633. The second-order valence-electron chi connectivity index (χ2n) is 3.76. The molecule has 0 unspecified atom stereocenters. The molecule has 1 aromatic rings. The highest BCUT2D eigenvalue weighted by molar-refractivity contribution is 6.80. The van der Waals surface area contributed by atoms with Crippen LogP contribution in [-0.4, -0.2) is 21.8 Å². The SMILES string of the molecule is CCO[Si](C)(OCC)c1c(F)c(F)c(Cl)c(F)c1F. The van der Waals surface area contributed by atoms with E-state index in [0.29, 0.717) is 0 Å². The minimum atomic E-state index is -3.59. The van der Waals surface area contributed by atoms with Crippen molar-refractivity contribution in [2.45, 2.75) is 20.4 Å². The first-order valence-electron chi connectivity index (χ1n) is 5.59. The van der Waals surface area contributed by atoms with Gasteiger partial charge in [0.1, 0.15) is 5.02 Å². The monoisotopic (exact) mass is 316 g/mol. The Morgan fingerprint density at radius 3 is 1.58 bits per heavy atom. The number of halogens is 5. The fourth-order valence-electron chi connectivity index (χ4n) is 1.74. The van der Waals surface area contributed by atoms with Gasteiger partial charge in [0.25, 0.3) is 0 Å². The van der Waals surface area contributed by atoms with E-state index in [4.69, 9.17) is 20.5 Å². The minimum absolute atomic E-state index is 0.0907. The van der Waals surface area contributed by atoms with Crippen LogP contribution >= 0.6 is 11.6 Å². The van der Waals surface area contributed by atoms with Gasteiger partial charge in [0.15, 0.2) is 23.3 Å². The molecule has 0 fully saturated rings. The zero-order chi connectivity index (χ0) is 14.8.